The lowest BCUT2D eigenvalue weighted by Gasteiger charge is -2.07. The van der Waals surface area contributed by atoms with E-state index in [1.807, 2.05) is 48.5 Å². The molecule has 0 heterocycles. The van der Waals surface area contributed by atoms with Crippen molar-refractivity contribution >= 4 is 21.8 Å². The largest absolute Gasteiger partial charge is 0.489 e. The SMILES string of the molecule is N/C(Cc1ccc(OCc2ccc(Br)cc2)cc1)=N\O. The van der Waals surface area contributed by atoms with E-state index in [9.17, 15) is 0 Å². The summed E-state index contributed by atoms with van der Waals surface area (Å²) in [5, 5.41) is 11.5. The smallest absolute Gasteiger partial charge is 0.143 e. The molecule has 2 rings (SSSR count). The second-order valence-corrected chi connectivity index (χ2v) is 5.24. The van der Waals surface area contributed by atoms with Crippen LogP contribution in [0.4, 0.5) is 0 Å². The maximum absolute atomic E-state index is 8.52. The van der Waals surface area contributed by atoms with Crippen LogP contribution in [0, 0.1) is 0 Å². The van der Waals surface area contributed by atoms with Crippen LogP contribution in [0.15, 0.2) is 58.2 Å². The second-order valence-electron chi connectivity index (χ2n) is 4.33. The topological polar surface area (TPSA) is 67.8 Å². The van der Waals surface area contributed by atoms with Gasteiger partial charge in [0.25, 0.3) is 0 Å². The van der Waals surface area contributed by atoms with Crippen LogP contribution in [0.2, 0.25) is 0 Å². The molecule has 0 unspecified atom stereocenters. The molecular formula is C15H15BrN2O2. The summed E-state index contributed by atoms with van der Waals surface area (Å²) in [6.45, 7) is 0.521. The second kappa shape index (κ2) is 6.96. The van der Waals surface area contributed by atoms with Gasteiger partial charge in [0.2, 0.25) is 0 Å². The standard InChI is InChI=1S/C15H15BrN2O2/c16-13-5-1-12(2-6-13)10-20-14-7-3-11(4-8-14)9-15(17)18-19/h1-8,19H,9-10H2,(H2,17,18). The van der Waals surface area contributed by atoms with Gasteiger partial charge in [-0.25, -0.2) is 0 Å². The quantitative estimate of drug-likeness (QED) is 0.381. The van der Waals surface area contributed by atoms with Crippen LogP contribution < -0.4 is 10.5 Å². The molecule has 4 nitrogen and oxygen atoms in total. The number of ether oxygens (including phenoxy) is 1. The van der Waals surface area contributed by atoms with Crippen LogP contribution in [0.3, 0.4) is 0 Å². The van der Waals surface area contributed by atoms with E-state index < -0.39 is 0 Å². The van der Waals surface area contributed by atoms with Crippen molar-refractivity contribution in [2.45, 2.75) is 13.0 Å². The van der Waals surface area contributed by atoms with Gasteiger partial charge in [-0.05, 0) is 35.4 Å². The Bertz CT molecular complexity index is 580. The van der Waals surface area contributed by atoms with Crippen LogP contribution in [0.1, 0.15) is 11.1 Å². The fraction of sp³-hybridized carbons (Fsp3) is 0.133. The maximum Gasteiger partial charge on any atom is 0.143 e. The molecule has 0 aliphatic carbocycles. The van der Waals surface area contributed by atoms with Gasteiger partial charge in [0.05, 0.1) is 0 Å². The monoisotopic (exact) mass is 334 g/mol. The molecule has 0 saturated carbocycles. The third kappa shape index (κ3) is 4.28. The molecule has 3 N–H and O–H groups in total. The molecule has 104 valence electrons. The molecule has 2 aromatic carbocycles. The molecule has 0 fully saturated rings. The van der Waals surface area contributed by atoms with Crippen molar-refractivity contribution in [3.8, 4) is 5.75 Å². The highest BCUT2D eigenvalue weighted by atomic mass is 79.9. The van der Waals surface area contributed by atoms with Crippen LogP contribution in [0.5, 0.6) is 5.75 Å². The molecule has 0 bridgehead atoms. The molecule has 2 aromatic rings. The average Bonchev–Trinajstić information content (AvgIpc) is 2.48. The van der Waals surface area contributed by atoms with Crippen LogP contribution in [-0.4, -0.2) is 11.0 Å². The minimum atomic E-state index is 0.188. The van der Waals surface area contributed by atoms with Gasteiger partial charge in [0, 0.05) is 10.9 Å². The van der Waals surface area contributed by atoms with E-state index in [2.05, 4.69) is 21.1 Å². The summed E-state index contributed by atoms with van der Waals surface area (Å²) in [5.41, 5.74) is 7.53. The zero-order chi connectivity index (χ0) is 14.4. The summed E-state index contributed by atoms with van der Waals surface area (Å²) in [5.74, 6) is 0.977. The number of nitrogens with zero attached hydrogens (tertiary/aromatic N) is 1. The first-order chi connectivity index (χ1) is 9.67. The maximum atomic E-state index is 8.52. The van der Waals surface area contributed by atoms with Gasteiger partial charge in [-0.2, -0.15) is 0 Å². The van der Waals surface area contributed by atoms with Crippen molar-refractivity contribution < 1.29 is 9.94 Å². The molecule has 0 aliphatic heterocycles. The minimum absolute atomic E-state index is 0.188. The van der Waals surface area contributed by atoms with Crippen molar-refractivity contribution in [3.63, 3.8) is 0 Å². The summed E-state index contributed by atoms with van der Waals surface area (Å²) < 4.78 is 6.74. The summed E-state index contributed by atoms with van der Waals surface area (Å²) in [6.07, 6.45) is 0.420. The first kappa shape index (κ1) is 14.4. The van der Waals surface area contributed by atoms with E-state index >= 15 is 0 Å². The third-order valence-electron chi connectivity index (χ3n) is 2.76. The molecule has 0 aromatic heterocycles. The zero-order valence-electron chi connectivity index (χ0n) is 10.8. The molecule has 20 heavy (non-hydrogen) atoms. The number of amidine groups is 1. The van der Waals surface area contributed by atoms with E-state index in [1.165, 1.54) is 0 Å². The fourth-order valence-corrected chi connectivity index (χ4v) is 1.96. The summed E-state index contributed by atoms with van der Waals surface area (Å²) in [7, 11) is 0. The van der Waals surface area contributed by atoms with E-state index in [4.69, 9.17) is 15.7 Å². The highest BCUT2D eigenvalue weighted by Crippen LogP contribution is 2.16. The Hall–Kier alpha value is -2.01. The predicted octanol–water partition coefficient (Wildman–Crippen LogP) is 3.32. The van der Waals surface area contributed by atoms with Crippen LogP contribution in [-0.2, 0) is 13.0 Å². The Morgan fingerprint density at radius 2 is 1.65 bits per heavy atom. The Balaban J connectivity index is 1.92. The fourth-order valence-electron chi connectivity index (χ4n) is 1.70. The lowest BCUT2D eigenvalue weighted by molar-refractivity contribution is 0.306. The number of hydrogen-bond donors (Lipinski definition) is 2. The number of benzene rings is 2. The van der Waals surface area contributed by atoms with Gasteiger partial charge in [-0.15, -0.1) is 0 Å². The van der Waals surface area contributed by atoms with Gasteiger partial charge in [0.15, 0.2) is 0 Å². The first-order valence-electron chi connectivity index (χ1n) is 6.10. The van der Waals surface area contributed by atoms with Crippen LogP contribution >= 0.6 is 15.9 Å². The van der Waals surface area contributed by atoms with E-state index in [0.29, 0.717) is 13.0 Å². The van der Waals surface area contributed by atoms with Crippen molar-refractivity contribution in [1.29, 1.82) is 0 Å². The van der Waals surface area contributed by atoms with Crippen molar-refractivity contribution in [3.05, 3.63) is 64.1 Å². The molecule has 0 amide bonds. The van der Waals surface area contributed by atoms with Crippen LogP contribution in [0.25, 0.3) is 0 Å². The third-order valence-corrected chi connectivity index (χ3v) is 3.28. The van der Waals surface area contributed by atoms with E-state index in [0.717, 1.165) is 21.3 Å². The highest BCUT2D eigenvalue weighted by Gasteiger charge is 2.00. The van der Waals surface area contributed by atoms with Gasteiger partial charge in [0.1, 0.15) is 18.2 Å². The Morgan fingerprint density at radius 1 is 1.05 bits per heavy atom. The van der Waals surface area contributed by atoms with Crippen molar-refractivity contribution in [1.82, 2.24) is 0 Å². The number of halogens is 1. The van der Waals surface area contributed by atoms with Gasteiger partial charge in [-0.1, -0.05) is 45.4 Å². The highest BCUT2D eigenvalue weighted by molar-refractivity contribution is 9.10. The number of hydrogen-bond acceptors (Lipinski definition) is 3. The zero-order valence-corrected chi connectivity index (χ0v) is 12.4. The number of nitrogens with two attached hydrogens (primary N) is 1. The van der Waals surface area contributed by atoms with Crippen molar-refractivity contribution in [2.75, 3.05) is 0 Å². The Labute approximate surface area is 126 Å². The average molecular weight is 335 g/mol. The molecule has 0 radical (unpaired) electrons. The molecule has 0 aliphatic rings. The predicted molar refractivity (Wildman–Crippen MR) is 82.0 cm³/mol. The normalized spacial score (nSPS) is 11.3. The number of oxime groups is 1. The van der Waals surface area contributed by atoms with Gasteiger partial charge < -0.3 is 15.7 Å². The number of rotatable bonds is 5. The molecular weight excluding hydrogens is 320 g/mol. The van der Waals surface area contributed by atoms with E-state index in [1.54, 1.807) is 0 Å². The summed E-state index contributed by atoms with van der Waals surface area (Å²) in [6, 6.07) is 15.5. The summed E-state index contributed by atoms with van der Waals surface area (Å²) in [4.78, 5) is 0. The minimum Gasteiger partial charge on any atom is -0.489 e. The van der Waals surface area contributed by atoms with Gasteiger partial charge >= 0.3 is 0 Å². The lowest BCUT2D eigenvalue weighted by atomic mass is 10.1. The Morgan fingerprint density at radius 3 is 2.25 bits per heavy atom. The van der Waals surface area contributed by atoms with Crippen molar-refractivity contribution in [2.24, 2.45) is 10.9 Å². The van der Waals surface area contributed by atoms with Gasteiger partial charge in [-0.3, -0.25) is 0 Å². The molecule has 0 saturated heterocycles. The molecule has 5 heteroatoms. The molecule has 0 atom stereocenters. The Kier molecular flexibility index (Phi) is 5.01. The summed E-state index contributed by atoms with van der Waals surface area (Å²) >= 11 is 3.40. The first-order valence-corrected chi connectivity index (χ1v) is 6.89. The molecule has 0 spiro atoms. The lowest BCUT2D eigenvalue weighted by Crippen LogP contribution is -2.14. The van der Waals surface area contributed by atoms with E-state index in [-0.39, 0.29) is 5.84 Å².